The highest BCUT2D eigenvalue weighted by atomic mass is 79.9. The Bertz CT molecular complexity index is 302. The first-order chi connectivity index (χ1) is 7.24. The van der Waals surface area contributed by atoms with Crippen LogP contribution in [0.15, 0.2) is 18.2 Å². The van der Waals surface area contributed by atoms with Crippen molar-refractivity contribution < 1.29 is 9.13 Å². The molecule has 1 aromatic rings. The largest absolute Gasteiger partial charge is 0.493 e. The van der Waals surface area contributed by atoms with Crippen molar-refractivity contribution in [3.05, 3.63) is 29.6 Å². The second-order valence-electron chi connectivity index (χ2n) is 3.51. The van der Waals surface area contributed by atoms with Gasteiger partial charge in [-0.1, -0.05) is 22.0 Å². The van der Waals surface area contributed by atoms with E-state index in [1.165, 1.54) is 6.07 Å². The van der Waals surface area contributed by atoms with Gasteiger partial charge >= 0.3 is 0 Å². The summed E-state index contributed by atoms with van der Waals surface area (Å²) in [5.74, 6) is 0.421. The van der Waals surface area contributed by atoms with Crippen molar-refractivity contribution in [1.82, 2.24) is 0 Å². The molecule has 0 spiro atoms. The fourth-order valence-corrected chi connectivity index (χ4v) is 1.62. The fourth-order valence-electron chi connectivity index (χ4n) is 1.23. The van der Waals surface area contributed by atoms with Gasteiger partial charge < -0.3 is 4.74 Å². The Morgan fingerprint density at radius 2 is 2.07 bits per heavy atom. The summed E-state index contributed by atoms with van der Waals surface area (Å²) in [5.41, 5.74) is 0.654. The van der Waals surface area contributed by atoms with Crippen molar-refractivity contribution in [2.45, 2.75) is 26.2 Å². The van der Waals surface area contributed by atoms with Crippen molar-refractivity contribution in [2.24, 2.45) is 0 Å². The smallest absolute Gasteiger partial charge is 0.129 e. The van der Waals surface area contributed by atoms with Crippen LogP contribution in [0.3, 0.4) is 0 Å². The van der Waals surface area contributed by atoms with Crippen LogP contribution in [0.4, 0.5) is 4.39 Å². The third-order valence-corrected chi connectivity index (χ3v) is 2.75. The molecule has 0 saturated heterocycles. The zero-order valence-corrected chi connectivity index (χ0v) is 10.5. The van der Waals surface area contributed by atoms with E-state index in [0.29, 0.717) is 17.9 Å². The second kappa shape index (κ2) is 6.83. The highest BCUT2D eigenvalue weighted by molar-refractivity contribution is 9.09. The van der Waals surface area contributed by atoms with Gasteiger partial charge in [-0.15, -0.1) is 0 Å². The van der Waals surface area contributed by atoms with E-state index in [1.54, 1.807) is 13.0 Å². The Balaban J connectivity index is 2.28. The number of rotatable bonds is 6. The van der Waals surface area contributed by atoms with Gasteiger partial charge in [-0.05, 0) is 37.8 Å². The molecule has 0 aromatic heterocycles. The number of benzene rings is 1. The average molecular weight is 275 g/mol. The van der Waals surface area contributed by atoms with Gasteiger partial charge in [0.1, 0.15) is 11.6 Å². The molecule has 3 heteroatoms. The summed E-state index contributed by atoms with van der Waals surface area (Å²) in [6.45, 7) is 2.41. The maximum atomic E-state index is 13.1. The highest BCUT2D eigenvalue weighted by Crippen LogP contribution is 2.16. The first kappa shape index (κ1) is 12.5. The van der Waals surface area contributed by atoms with Crippen molar-refractivity contribution in [3.8, 4) is 5.75 Å². The lowest BCUT2D eigenvalue weighted by Gasteiger charge is -2.06. The van der Waals surface area contributed by atoms with Crippen LogP contribution in [0.1, 0.15) is 24.8 Å². The number of halogens is 2. The Hall–Kier alpha value is -0.570. The standard InChI is InChI=1S/C12H16BrFO/c1-10-5-6-11(9-12(10)14)15-8-4-2-3-7-13/h5-6,9H,2-4,7-8H2,1H3. The summed E-state index contributed by atoms with van der Waals surface area (Å²) < 4.78 is 18.6. The average Bonchev–Trinajstić information content (AvgIpc) is 2.23. The van der Waals surface area contributed by atoms with Crippen LogP contribution >= 0.6 is 15.9 Å². The zero-order valence-electron chi connectivity index (χ0n) is 8.93. The summed E-state index contributed by atoms with van der Waals surface area (Å²) in [5, 5.41) is 1.03. The predicted molar refractivity (Wildman–Crippen MR) is 64.3 cm³/mol. The molecule has 15 heavy (non-hydrogen) atoms. The molecule has 0 unspecified atom stereocenters. The summed E-state index contributed by atoms with van der Waals surface area (Å²) >= 11 is 3.37. The van der Waals surface area contributed by atoms with Crippen molar-refractivity contribution in [3.63, 3.8) is 0 Å². The van der Waals surface area contributed by atoms with Crippen LogP contribution in [-0.2, 0) is 0 Å². The lowest BCUT2D eigenvalue weighted by molar-refractivity contribution is 0.305. The van der Waals surface area contributed by atoms with Crippen LogP contribution in [0.5, 0.6) is 5.75 Å². The maximum Gasteiger partial charge on any atom is 0.129 e. The lowest BCUT2D eigenvalue weighted by Crippen LogP contribution is -1.98. The minimum Gasteiger partial charge on any atom is -0.493 e. The van der Waals surface area contributed by atoms with Crippen LogP contribution < -0.4 is 4.74 Å². The Kier molecular flexibility index (Phi) is 5.69. The van der Waals surface area contributed by atoms with Gasteiger partial charge in [0.05, 0.1) is 6.61 Å². The van der Waals surface area contributed by atoms with Gasteiger partial charge in [-0.25, -0.2) is 4.39 Å². The molecule has 1 aromatic carbocycles. The topological polar surface area (TPSA) is 9.23 Å². The Morgan fingerprint density at radius 1 is 1.27 bits per heavy atom. The number of hydrogen-bond donors (Lipinski definition) is 0. The molecular weight excluding hydrogens is 259 g/mol. The van der Waals surface area contributed by atoms with E-state index in [1.807, 2.05) is 6.07 Å². The van der Waals surface area contributed by atoms with Crippen molar-refractivity contribution >= 4 is 15.9 Å². The fraction of sp³-hybridized carbons (Fsp3) is 0.500. The molecular formula is C12H16BrFO. The lowest BCUT2D eigenvalue weighted by atomic mass is 10.2. The first-order valence-corrected chi connectivity index (χ1v) is 6.31. The third-order valence-electron chi connectivity index (χ3n) is 2.19. The molecule has 0 heterocycles. The quantitative estimate of drug-likeness (QED) is 0.561. The molecule has 84 valence electrons. The molecule has 0 aliphatic heterocycles. The number of hydrogen-bond acceptors (Lipinski definition) is 1. The molecule has 0 amide bonds. The van der Waals surface area contributed by atoms with Crippen LogP contribution in [0, 0.1) is 12.7 Å². The van der Waals surface area contributed by atoms with Crippen LogP contribution in [-0.4, -0.2) is 11.9 Å². The van der Waals surface area contributed by atoms with Gasteiger partial charge in [0.25, 0.3) is 0 Å². The minimum absolute atomic E-state index is 0.201. The van der Waals surface area contributed by atoms with Crippen LogP contribution in [0.25, 0.3) is 0 Å². The van der Waals surface area contributed by atoms with Crippen LogP contribution in [0.2, 0.25) is 0 Å². The molecule has 0 fully saturated rings. The van der Waals surface area contributed by atoms with Gasteiger partial charge in [-0.3, -0.25) is 0 Å². The second-order valence-corrected chi connectivity index (χ2v) is 4.30. The summed E-state index contributed by atoms with van der Waals surface area (Å²) in [4.78, 5) is 0. The van der Waals surface area contributed by atoms with Gasteiger partial charge in [0.15, 0.2) is 0 Å². The van der Waals surface area contributed by atoms with E-state index in [2.05, 4.69) is 15.9 Å². The SMILES string of the molecule is Cc1ccc(OCCCCCBr)cc1F. The molecule has 0 N–H and O–H groups in total. The number of unbranched alkanes of at least 4 members (excludes halogenated alkanes) is 2. The molecule has 1 rings (SSSR count). The predicted octanol–water partition coefficient (Wildman–Crippen LogP) is 4.08. The summed E-state index contributed by atoms with van der Waals surface area (Å²) in [7, 11) is 0. The van der Waals surface area contributed by atoms with E-state index in [9.17, 15) is 4.39 Å². The molecule has 0 atom stereocenters. The molecule has 0 bridgehead atoms. The van der Waals surface area contributed by atoms with Crippen molar-refractivity contribution in [2.75, 3.05) is 11.9 Å². The minimum atomic E-state index is -0.201. The monoisotopic (exact) mass is 274 g/mol. The molecule has 0 saturated carbocycles. The van der Waals surface area contributed by atoms with Gasteiger partial charge in [-0.2, -0.15) is 0 Å². The van der Waals surface area contributed by atoms with E-state index >= 15 is 0 Å². The van der Waals surface area contributed by atoms with Crippen molar-refractivity contribution in [1.29, 1.82) is 0 Å². The number of alkyl halides is 1. The number of aryl methyl sites for hydroxylation is 1. The number of ether oxygens (including phenoxy) is 1. The molecule has 0 radical (unpaired) electrons. The van der Waals surface area contributed by atoms with E-state index in [4.69, 9.17) is 4.74 Å². The van der Waals surface area contributed by atoms with Gasteiger partial charge in [0.2, 0.25) is 0 Å². The molecule has 1 nitrogen and oxygen atoms in total. The zero-order chi connectivity index (χ0) is 11.1. The first-order valence-electron chi connectivity index (χ1n) is 5.19. The van der Waals surface area contributed by atoms with E-state index in [-0.39, 0.29) is 5.82 Å². The van der Waals surface area contributed by atoms with E-state index < -0.39 is 0 Å². The van der Waals surface area contributed by atoms with E-state index in [0.717, 1.165) is 24.6 Å². The summed E-state index contributed by atoms with van der Waals surface area (Å²) in [6, 6.07) is 4.99. The maximum absolute atomic E-state index is 13.1. The Morgan fingerprint density at radius 3 is 2.73 bits per heavy atom. The molecule has 0 aliphatic rings. The Labute approximate surface area is 98.8 Å². The summed E-state index contributed by atoms with van der Waals surface area (Å²) in [6.07, 6.45) is 3.31. The third kappa shape index (κ3) is 4.65. The highest BCUT2D eigenvalue weighted by Gasteiger charge is 1.99. The normalized spacial score (nSPS) is 10.3. The van der Waals surface area contributed by atoms with Gasteiger partial charge in [0, 0.05) is 11.4 Å². The molecule has 0 aliphatic carbocycles.